The third-order valence-electron chi connectivity index (χ3n) is 4.10. The van der Waals surface area contributed by atoms with Crippen LogP contribution >= 0.6 is 0 Å². The van der Waals surface area contributed by atoms with Crippen molar-refractivity contribution in [3.05, 3.63) is 30.1 Å². The van der Waals surface area contributed by atoms with E-state index < -0.39 is 0 Å². The largest absolute Gasteiger partial charge is 0.448 e. The molecule has 1 amide bonds. The van der Waals surface area contributed by atoms with E-state index in [2.05, 4.69) is 34.1 Å². The van der Waals surface area contributed by atoms with Crippen molar-refractivity contribution in [2.75, 3.05) is 18.4 Å². The highest BCUT2D eigenvalue weighted by Crippen LogP contribution is 2.25. The molecule has 2 aromatic heterocycles. The highest BCUT2D eigenvalue weighted by atomic mass is 16.3. The van der Waals surface area contributed by atoms with Gasteiger partial charge in [-0.25, -0.2) is 4.98 Å². The van der Waals surface area contributed by atoms with E-state index in [-0.39, 0.29) is 5.91 Å². The molecule has 0 aliphatic carbocycles. The van der Waals surface area contributed by atoms with Crippen molar-refractivity contribution in [1.29, 1.82) is 0 Å². The number of likely N-dealkylation sites (tertiary alicyclic amines) is 1. The lowest BCUT2D eigenvalue weighted by Crippen LogP contribution is -2.22. The lowest BCUT2D eigenvalue weighted by molar-refractivity contribution is -0.114. The fourth-order valence-electron chi connectivity index (χ4n) is 3.04. The first-order valence-corrected chi connectivity index (χ1v) is 8.00. The summed E-state index contributed by atoms with van der Waals surface area (Å²) in [5.74, 6) is 1.82. The zero-order valence-electron chi connectivity index (χ0n) is 13.8. The summed E-state index contributed by atoms with van der Waals surface area (Å²) in [7, 11) is 0. The molecule has 1 aliphatic rings. The predicted octanol–water partition coefficient (Wildman–Crippen LogP) is 2.40. The fourth-order valence-corrected chi connectivity index (χ4v) is 3.04. The second kappa shape index (κ2) is 6.54. The van der Waals surface area contributed by atoms with Gasteiger partial charge in [0.05, 0.1) is 11.7 Å². The predicted molar refractivity (Wildman–Crippen MR) is 86.1 cm³/mol. The van der Waals surface area contributed by atoms with E-state index in [1.807, 2.05) is 16.9 Å². The number of nitrogens with one attached hydrogen (secondary N) is 1. The molecule has 1 aliphatic heterocycles. The first kappa shape index (κ1) is 15.7. The molecule has 3 heterocycles. The van der Waals surface area contributed by atoms with Gasteiger partial charge in [-0.1, -0.05) is 13.8 Å². The fraction of sp³-hybridized carbons (Fsp3) is 0.562. The Labute approximate surface area is 135 Å². The van der Waals surface area contributed by atoms with Crippen LogP contribution < -0.4 is 5.32 Å². The van der Waals surface area contributed by atoms with E-state index in [4.69, 9.17) is 4.42 Å². The number of anilines is 1. The molecule has 0 bridgehead atoms. The molecule has 1 fully saturated rings. The van der Waals surface area contributed by atoms with Crippen LogP contribution in [-0.4, -0.2) is 38.7 Å². The Bertz CT molecular complexity index is 676. The van der Waals surface area contributed by atoms with E-state index in [1.54, 1.807) is 0 Å². The molecule has 0 spiro atoms. The van der Waals surface area contributed by atoms with Gasteiger partial charge in [0.15, 0.2) is 12.2 Å². The second-order valence-corrected chi connectivity index (χ2v) is 6.36. The molecule has 0 saturated carbocycles. The second-order valence-electron chi connectivity index (χ2n) is 6.36. The number of carbonyl (C=O) groups excluding carboxylic acids is 1. The maximum absolute atomic E-state index is 11.1. The topological polar surface area (TPSA) is 76.2 Å². The van der Waals surface area contributed by atoms with Crippen LogP contribution in [0.1, 0.15) is 50.6 Å². The van der Waals surface area contributed by atoms with Crippen LogP contribution in [0.2, 0.25) is 0 Å². The average molecular weight is 317 g/mol. The minimum absolute atomic E-state index is 0.101. The Hall–Kier alpha value is -2.15. The Morgan fingerprint density at radius 1 is 1.52 bits per heavy atom. The number of aromatic nitrogens is 3. The van der Waals surface area contributed by atoms with Gasteiger partial charge in [-0.3, -0.25) is 14.4 Å². The SMILES string of the molecule is CC(=O)Nc1ccn(C2CCN(Cc3ncoc3C(C)C)C2)n1. The van der Waals surface area contributed by atoms with Crippen molar-refractivity contribution in [1.82, 2.24) is 19.7 Å². The lowest BCUT2D eigenvalue weighted by atomic mass is 10.1. The maximum atomic E-state index is 11.1. The number of hydrogen-bond acceptors (Lipinski definition) is 5. The van der Waals surface area contributed by atoms with Crippen LogP contribution in [0.25, 0.3) is 0 Å². The summed E-state index contributed by atoms with van der Waals surface area (Å²) in [6.07, 6.45) is 4.50. The highest BCUT2D eigenvalue weighted by molar-refractivity contribution is 5.87. The summed E-state index contributed by atoms with van der Waals surface area (Å²) in [6.45, 7) is 8.45. The maximum Gasteiger partial charge on any atom is 0.222 e. The van der Waals surface area contributed by atoms with Gasteiger partial charge in [0.1, 0.15) is 5.76 Å². The molecular formula is C16H23N5O2. The molecule has 1 N–H and O–H groups in total. The molecule has 7 heteroatoms. The summed E-state index contributed by atoms with van der Waals surface area (Å²) in [4.78, 5) is 17.8. The average Bonchev–Trinajstić information content (AvgIpc) is 3.18. The highest BCUT2D eigenvalue weighted by Gasteiger charge is 2.26. The minimum atomic E-state index is -0.101. The van der Waals surface area contributed by atoms with Gasteiger partial charge < -0.3 is 9.73 Å². The van der Waals surface area contributed by atoms with Crippen molar-refractivity contribution in [3.63, 3.8) is 0 Å². The van der Waals surface area contributed by atoms with Gasteiger partial charge >= 0.3 is 0 Å². The molecule has 1 unspecified atom stereocenters. The van der Waals surface area contributed by atoms with Crippen molar-refractivity contribution in [3.8, 4) is 0 Å². The van der Waals surface area contributed by atoms with Gasteiger partial charge in [-0.05, 0) is 6.42 Å². The van der Waals surface area contributed by atoms with Crippen LogP contribution in [0.4, 0.5) is 5.82 Å². The third kappa shape index (κ3) is 3.61. The Morgan fingerprint density at radius 2 is 2.35 bits per heavy atom. The third-order valence-corrected chi connectivity index (χ3v) is 4.10. The van der Waals surface area contributed by atoms with Gasteiger partial charge in [-0.15, -0.1) is 0 Å². The number of oxazole rings is 1. The van der Waals surface area contributed by atoms with Gasteiger partial charge in [-0.2, -0.15) is 5.10 Å². The molecular weight excluding hydrogens is 294 g/mol. The summed E-state index contributed by atoms with van der Waals surface area (Å²) >= 11 is 0. The number of nitrogens with zero attached hydrogens (tertiary/aromatic N) is 4. The number of amides is 1. The van der Waals surface area contributed by atoms with Crippen molar-refractivity contribution in [2.24, 2.45) is 0 Å². The molecule has 7 nitrogen and oxygen atoms in total. The zero-order valence-corrected chi connectivity index (χ0v) is 13.8. The Kier molecular flexibility index (Phi) is 4.47. The number of carbonyl (C=O) groups is 1. The summed E-state index contributed by atoms with van der Waals surface area (Å²) < 4.78 is 7.43. The van der Waals surface area contributed by atoms with Gasteiger partial charge in [0.25, 0.3) is 0 Å². The molecule has 0 radical (unpaired) electrons. The molecule has 2 aromatic rings. The quantitative estimate of drug-likeness (QED) is 0.916. The Morgan fingerprint density at radius 3 is 3.09 bits per heavy atom. The van der Waals surface area contributed by atoms with Gasteiger partial charge in [0.2, 0.25) is 5.91 Å². The monoisotopic (exact) mass is 317 g/mol. The summed E-state index contributed by atoms with van der Waals surface area (Å²) in [5.41, 5.74) is 1.03. The summed E-state index contributed by atoms with van der Waals surface area (Å²) in [6, 6.07) is 2.16. The summed E-state index contributed by atoms with van der Waals surface area (Å²) in [5, 5.41) is 7.14. The van der Waals surface area contributed by atoms with E-state index in [9.17, 15) is 4.79 Å². The van der Waals surface area contributed by atoms with Crippen LogP contribution in [0.3, 0.4) is 0 Å². The number of rotatable bonds is 5. The molecule has 1 saturated heterocycles. The zero-order chi connectivity index (χ0) is 16.4. The molecule has 124 valence electrons. The normalized spacial score (nSPS) is 18.7. The van der Waals surface area contributed by atoms with E-state index in [0.29, 0.717) is 17.8 Å². The first-order chi connectivity index (χ1) is 11.0. The lowest BCUT2D eigenvalue weighted by Gasteiger charge is -2.16. The van der Waals surface area contributed by atoms with Crippen LogP contribution in [-0.2, 0) is 11.3 Å². The van der Waals surface area contributed by atoms with Gasteiger partial charge in [0, 0.05) is 44.7 Å². The molecule has 1 atom stereocenters. The van der Waals surface area contributed by atoms with E-state index in [1.165, 1.54) is 13.3 Å². The smallest absolute Gasteiger partial charge is 0.222 e. The number of hydrogen-bond donors (Lipinski definition) is 1. The van der Waals surface area contributed by atoms with E-state index in [0.717, 1.165) is 37.5 Å². The van der Waals surface area contributed by atoms with Crippen LogP contribution in [0.15, 0.2) is 23.1 Å². The molecule has 23 heavy (non-hydrogen) atoms. The minimum Gasteiger partial charge on any atom is -0.448 e. The Balaban J connectivity index is 1.61. The van der Waals surface area contributed by atoms with Crippen molar-refractivity contribution >= 4 is 11.7 Å². The van der Waals surface area contributed by atoms with Crippen LogP contribution in [0.5, 0.6) is 0 Å². The first-order valence-electron chi connectivity index (χ1n) is 8.00. The van der Waals surface area contributed by atoms with E-state index >= 15 is 0 Å². The molecule has 3 rings (SSSR count). The van der Waals surface area contributed by atoms with Crippen LogP contribution in [0, 0.1) is 0 Å². The standard InChI is InChI=1S/C16H23N5O2/c1-11(2)16-14(17-10-23-16)9-20-6-4-13(8-20)21-7-5-15(19-21)18-12(3)22/h5,7,10-11,13H,4,6,8-9H2,1-3H3,(H,18,19,22). The van der Waals surface area contributed by atoms with Crippen molar-refractivity contribution in [2.45, 2.75) is 45.7 Å². The van der Waals surface area contributed by atoms with Crippen molar-refractivity contribution < 1.29 is 9.21 Å². The molecule has 0 aromatic carbocycles.